The molecule has 1 unspecified atom stereocenters. The highest BCUT2D eigenvalue weighted by molar-refractivity contribution is 6.30. The number of likely N-dealkylation sites (tertiary alicyclic amines) is 1. The normalized spacial score (nSPS) is 28.5. The number of hydrogen-bond donors (Lipinski definition) is 3. The summed E-state index contributed by atoms with van der Waals surface area (Å²) in [5.74, 6) is 1.05. The van der Waals surface area contributed by atoms with Crippen LogP contribution in [-0.4, -0.2) is 69.3 Å². The molecule has 2 aliphatic rings. The van der Waals surface area contributed by atoms with E-state index in [0.29, 0.717) is 36.8 Å². The van der Waals surface area contributed by atoms with Crippen molar-refractivity contribution in [2.75, 3.05) is 26.2 Å². The first-order chi connectivity index (χ1) is 15.4. The summed E-state index contributed by atoms with van der Waals surface area (Å²) in [6, 6.07) is 12.8. The van der Waals surface area contributed by atoms with Gasteiger partial charge in [-0.3, -0.25) is 4.90 Å². The van der Waals surface area contributed by atoms with Crippen LogP contribution in [0.25, 0.3) is 0 Å². The number of halogens is 1. The monoisotopic (exact) mass is 462 g/mol. The zero-order chi connectivity index (χ0) is 22.7. The van der Waals surface area contributed by atoms with Gasteiger partial charge in [-0.15, -0.1) is 0 Å². The van der Waals surface area contributed by atoms with Gasteiger partial charge in [0.2, 0.25) is 0 Å². The molecule has 1 aliphatic carbocycles. The lowest BCUT2D eigenvalue weighted by atomic mass is 9.93. The van der Waals surface area contributed by atoms with E-state index in [1.165, 1.54) is 0 Å². The number of benzene rings is 1. The summed E-state index contributed by atoms with van der Waals surface area (Å²) < 4.78 is 11.5. The molecule has 0 amide bonds. The number of aliphatic hydroxyl groups is 3. The lowest BCUT2D eigenvalue weighted by molar-refractivity contribution is -0.0876. The summed E-state index contributed by atoms with van der Waals surface area (Å²) in [5.41, 5.74) is -0.811. The smallest absolute Gasteiger partial charge is 0.171 e. The van der Waals surface area contributed by atoms with Crippen molar-refractivity contribution in [1.82, 2.24) is 9.88 Å². The second-order valence-electron chi connectivity index (χ2n) is 8.78. The molecule has 0 spiro atoms. The zero-order valence-corrected chi connectivity index (χ0v) is 19.0. The minimum Gasteiger partial charge on any atom is -0.490 e. The third kappa shape index (κ3) is 4.87. The maximum Gasteiger partial charge on any atom is 0.171 e. The molecule has 0 radical (unpaired) electrons. The number of para-hydroxylation sites is 1. The van der Waals surface area contributed by atoms with Crippen LogP contribution in [0.3, 0.4) is 0 Å². The van der Waals surface area contributed by atoms with Gasteiger partial charge in [0.15, 0.2) is 10.9 Å². The Morgan fingerprint density at radius 3 is 2.72 bits per heavy atom. The van der Waals surface area contributed by atoms with Crippen LogP contribution >= 0.6 is 11.6 Å². The topological polar surface area (TPSA) is 95.3 Å². The van der Waals surface area contributed by atoms with Crippen LogP contribution in [-0.2, 0) is 0 Å². The molecule has 1 saturated heterocycles. The maximum absolute atomic E-state index is 11.2. The Balaban J connectivity index is 1.34. The van der Waals surface area contributed by atoms with E-state index in [1.54, 1.807) is 12.1 Å². The predicted octanol–water partition coefficient (Wildman–Crippen LogP) is 2.82. The highest BCUT2D eigenvalue weighted by atomic mass is 35.5. The summed E-state index contributed by atoms with van der Waals surface area (Å²) in [6.45, 7) is 3.77. The van der Waals surface area contributed by atoms with E-state index < -0.39 is 23.9 Å². The van der Waals surface area contributed by atoms with Gasteiger partial charge >= 0.3 is 0 Å². The van der Waals surface area contributed by atoms with E-state index in [9.17, 15) is 15.3 Å². The Morgan fingerprint density at radius 2 is 2.03 bits per heavy atom. The summed E-state index contributed by atoms with van der Waals surface area (Å²) in [4.78, 5) is 6.25. The van der Waals surface area contributed by atoms with Gasteiger partial charge in [-0.05, 0) is 37.1 Å². The molecule has 1 aromatic carbocycles. The summed E-state index contributed by atoms with van der Waals surface area (Å²) in [5, 5.41) is 32.9. The molecule has 2 aromatic rings. The van der Waals surface area contributed by atoms with Crippen molar-refractivity contribution in [3.63, 3.8) is 0 Å². The fourth-order valence-corrected chi connectivity index (χ4v) is 4.90. The molecule has 3 N–H and O–H groups in total. The van der Waals surface area contributed by atoms with Gasteiger partial charge in [0.25, 0.3) is 0 Å². The number of ether oxygens (including phenoxy) is 2. The van der Waals surface area contributed by atoms with Crippen LogP contribution in [0.15, 0.2) is 42.5 Å². The maximum atomic E-state index is 11.2. The number of nitrogens with zero attached hydrogens (tertiary/aromatic N) is 2. The third-order valence-corrected chi connectivity index (χ3v) is 6.71. The number of pyridine rings is 1. The van der Waals surface area contributed by atoms with E-state index in [1.807, 2.05) is 35.2 Å². The van der Waals surface area contributed by atoms with Gasteiger partial charge in [0, 0.05) is 25.6 Å². The fourth-order valence-electron chi connectivity index (χ4n) is 4.69. The number of hydrogen-bond acceptors (Lipinski definition) is 7. The second kappa shape index (κ2) is 9.93. The van der Waals surface area contributed by atoms with Crippen LogP contribution in [0.4, 0.5) is 0 Å². The molecule has 4 rings (SSSR count). The summed E-state index contributed by atoms with van der Waals surface area (Å²) in [6.07, 6.45) is 0.185. The van der Waals surface area contributed by atoms with E-state index in [2.05, 4.69) is 11.9 Å². The average molecular weight is 463 g/mol. The summed E-state index contributed by atoms with van der Waals surface area (Å²) in [7, 11) is 0. The van der Waals surface area contributed by atoms with Crippen molar-refractivity contribution in [1.29, 1.82) is 0 Å². The van der Waals surface area contributed by atoms with Crippen molar-refractivity contribution >= 4 is 11.6 Å². The van der Waals surface area contributed by atoms with E-state index in [0.717, 1.165) is 12.8 Å². The van der Waals surface area contributed by atoms with Crippen LogP contribution in [0, 0.1) is 5.92 Å². The van der Waals surface area contributed by atoms with Crippen molar-refractivity contribution in [2.24, 2.45) is 5.92 Å². The average Bonchev–Trinajstić information content (AvgIpc) is 3.20. The first-order valence-electron chi connectivity index (χ1n) is 11.2. The number of unbranched alkanes of at least 4 members (excludes halogenated alkanes) is 1. The second-order valence-corrected chi connectivity index (χ2v) is 9.13. The minimum absolute atomic E-state index is 0.135. The Hall–Kier alpha value is -1.90. The molecule has 32 heavy (non-hydrogen) atoms. The molecule has 2 heterocycles. The molecular weight excluding hydrogens is 432 g/mol. The Kier molecular flexibility index (Phi) is 7.22. The Bertz CT molecular complexity index is 901. The lowest BCUT2D eigenvalue weighted by Gasteiger charge is -2.29. The largest absolute Gasteiger partial charge is 0.490 e. The zero-order valence-electron chi connectivity index (χ0n) is 18.2. The summed E-state index contributed by atoms with van der Waals surface area (Å²) >= 11 is 6.22. The van der Waals surface area contributed by atoms with Gasteiger partial charge in [-0.2, -0.15) is 0 Å². The van der Waals surface area contributed by atoms with Crippen molar-refractivity contribution in [3.8, 4) is 11.5 Å². The highest BCUT2D eigenvalue weighted by Gasteiger charge is 2.59. The minimum atomic E-state index is -1.26. The van der Waals surface area contributed by atoms with Crippen LogP contribution in [0.2, 0.25) is 5.15 Å². The van der Waals surface area contributed by atoms with E-state index in [4.69, 9.17) is 21.1 Å². The number of fused-ring (bicyclic) bond motifs is 1. The van der Waals surface area contributed by atoms with Gasteiger partial charge < -0.3 is 24.8 Å². The number of aliphatic hydroxyl groups excluding tert-OH is 2. The Labute approximate surface area is 193 Å². The molecule has 7 nitrogen and oxygen atoms in total. The molecular formula is C24H31ClN2O5. The quantitative estimate of drug-likeness (QED) is 0.389. The molecule has 8 heteroatoms. The molecule has 174 valence electrons. The van der Waals surface area contributed by atoms with Crippen molar-refractivity contribution in [3.05, 3.63) is 53.3 Å². The van der Waals surface area contributed by atoms with Crippen LogP contribution in [0.5, 0.6) is 11.5 Å². The van der Waals surface area contributed by atoms with Gasteiger partial charge in [0.1, 0.15) is 29.7 Å². The predicted molar refractivity (Wildman–Crippen MR) is 121 cm³/mol. The Morgan fingerprint density at radius 1 is 1.25 bits per heavy atom. The molecule has 5 atom stereocenters. The molecule has 1 saturated carbocycles. The van der Waals surface area contributed by atoms with Crippen molar-refractivity contribution in [2.45, 2.75) is 50.1 Å². The fraction of sp³-hybridized carbons (Fsp3) is 0.542. The first-order valence-corrected chi connectivity index (χ1v) is 11.6. The van der Waals surface area contributed by atoms with E-state index >= 15 is 0 Å². The molecule has 1 aromatic heterocycles. The molecule has 1 aliphatic heterocycles. The third-order valence-electron chi connectivity index (χ3n) is 6.44. The van der Waals surface area contributed by atoms with E-state index in [-0.39, 0.29) is 24.2 Å². The van der Waals surface area contributed by atoms with Gasteiger partial charge in [0.05, 0.1) is 12.3 Å². The van der Waals surface area contributed by atoms with Gasteiger partial charge in [-0.25, -0.2) is 4.98 Å². The van der Waals surface area contributed by atoms with Crippen LogP contribution in [0.1, 0.15) is 38.0 Å². The number of aromatic nitrogens is 1. The number of rotatable bonds is 9. The standard InChI is InChI=1S/C24H31ClN2O5/c1-2-3-11-31-20-10-9-18(26-23(20)25)19(28)14-27-13-16-12-21(22(29)24(16,30)15-27)32-17-7-5-4-6-8-17/h4-10,16,19,21-22,28-30H,2-3,11-15H2,1H3/t16-,19?,21+,22+,24-/m0/s1. The molecule has 0 bridgehead atoms. The van der Waals surface area contributed by atoms with Crippen LogP contribution < -0.4 is 9.47 Å². The number of β-amino-alcohol motifs (C(OH)–C–C–N with tert-alkyl or cyclic N) is 2. The lowest BCUT2D eigenvalue weighted by Crippen LogP contribution is -2.49. The molecule has 2 fully saturated rings. The highest BCUT2D eigenvalue weighted by Crippen LogP contribution is 2.43. The SMILES string of the molecule is CCCCOc1ccc(C(O)CN2C[C@@H]3C[C@@H](Oc4ccccc4)[C@@H](O)[C@]3(O)C2)nc1Cl. The van der Waals surface area contributed by atoms with Gasteiger partial charge in [-0.1, -0.05) is 43.1 Å². The van der Waals surface area contributed by atoms with Crippen molar-refractivity contribution < 1.29 is 24.8 Å². The first kappa shape index (κ1) is 23.3.